The van der Waals surface area contributed by atoms with Crippen molar-refractivity contribution in [2.45, 2.75) is 70.8 Å². The summed E-state index contributed by atoms with van der Waals surface area (Å²) in [7, 11) is 4.28. The van der Waals surface area contributed by atoms with Crippen molar-refractivity contribution in [3.63, 3.8) is 0 Å². The van der Waals surface area contributed by atoms with Crippen molar-refractivity contribution in [1.29, 1.82) is 0 Å². The summed E-state index contributed by atoms with van der Waals surface area (Å²) in [5.41, 5.74) is 7.98. The van der Waals surface area contributed by atoms with Crippen molar-refractivity contribution in [3.8, 4) is 0 Å². The van der Waals surface area contributed by atoms with Gasteiger partial charge in [0.25, 0.3) is 0 Å². The van der Waals surface area contributed by atoms with Crippen molar-refractivity contribution in [2.75, 3.05) is 27.2 Å². The summed E-state index contributed by atoms with van der Waals surface area (Å²) in [6.07, 6.45) is 12.7. The average molecular weight is 359 g/mol. The van der Waals surface area contributed by atoms with E-state index in [-0.39, 0.29) is 0 Å². The van der Waals surface area contributed by atoms with E-state index in [0.717, 1.165) is 31.6 Å². The van der Waals surface area contributed by atoms with Crippen molar-refractivity contribution in [3.05, 3.63) is 30.1 Å². The number of aromatic nitrogens is 2. The Bertz CT molecular complexity index is 618. The molecule has 2 N–H and O–H groups in total. The van der Waals surface area contributed by atoms with E-state index in [4.69, 9.17) is 10.7 Å². The topological polar surface area (TPSA) is 47.1 Å². The predicted octanol–water partition coefficient (Wildman–Crippen LogP) is 4.61. The molecule has 26 heavy (non-hydrogen) atoms. The van der Waals surface area contributed by atoms with Crippen LogP contribution in [-0.2, 0) is 13.0 Å². The minimum absolute atomic E-state index is 0.843. The number of unbranched alkanes of at least 4 members (excludes halogenated alkanes) is 7. The molecule has 0 amide bonds. The van der Waals surface area contributed by atoms with Gasteiger partial charge in [-0.15, -0.1) is 0 Å². The van der Waals surface area contributed by atoms with Gasteiger partial charge in [-0.05, 0) is 58.6 Å². The zero-order chi connectivity index (χ0) is 18.6. The fourth-order valence-corrected chi connectivity index (χ4v) is 3.60. The molecule has 2 aromatic rings. The lowest BCUT2D eigenvalue weighted by molar-refractivity contribution is 0.386. The smallest absolute Gasteiger partial charge is 0.109 e. The first-order valence-corrected chi connectivity index (χ1v) is 10.5. The van der Waals surface area contributed by atoms with Crippen LogP contribution < -0.4 is 5.73 Å². The van der Waals surface area contributed by atoms with E-state index >= 15 is 0 Å². The Labute approximate surface area is 159 Å². The first-order valence-electron chi connectivity index (χ1n) is 10.5. The van der Waals surface area contributed by atoms with E-state index < -0.39 is 0 Å². The highest BCUT2D eigenvalue weighted by atomic mass is 15.1. The maximum atomic E-state index is 5.54. The molecule has 0 saturated heterocycles. The number of nitrogens with two attached hydrogens (primary N) is 1. The van der Waals surface area contributed by atoms with E-state index in [9.17, 15) is 0 Å². The number of benzene rings is 1. The van der Waals surface area contributed by atoms with Gasteiger partial charge < -0.3 is 15.2 Å². The summed E-state index contributed by atoms with van der Waals surface area (Å²) in [5, 5.41) is 0. The van der Waals surface area contributed by atoms with Gasteiger partial charge in [0.05, 0.1) is 11.0 Å². The van der Waals surface area contributed by atoms with E-state index in [1.807, 2.05) is 0 Å². The second kappa shape index (κ2) is 12.1. The molecule has 0 fully saturated rings. The van der Waals surface area contributed by atoms with Crippen molar-refractivity contribution < 1.29 is 0 Å². The van der Waals surface area contributed by atoms with Crippen LogP contribution in [0.4, 0.5) is 0 Å². The highest BCUT2D eigenvalue weighted by Gasteiger charge is 2.10. The Morgan fingerprint density at radius 1 is 0.885 bits per heavy atom. The fraction of sp³-hybridized carbons (Fsp3) is 0.682. The summed E-state index contributed by atoms with van der Waals surface area (Å²) in [5.74, 6) is 1.27. The SMILES string of the molecule is CN(C)CCCn1c(CCCCCCCCCCN)nc2ccccc21. The molecule has 1 aromatic heterocycles. The molecule has 0 aliphatic carbocycles. The van der Waals surface area contributed by atoms with Crippen LogP contribution in [0.1, 0.15) is 63.6 Å². The van der Waals surface area contributed by atoms with Crippen LogP contribution in [0.15, 0.2) is 24.3 Å². The minimum Gasteiger partial charge on any atom is -0.330 e. The fourth-order valence-electron chi connectivity index (χ4n) is 3.60. The molecule has 0 radical (unpaired) electrons. The molecule has 0 spiro atoms. The summed E-state index contributed by atoms with van der Waals surface area (Å²) >= 11 is 0. The molecular formula is C22H38N4. The number of fused-ring (bicyclic) bond motifs is 1. The molecule has 1 heterocycles. The summed E-state index contributed by atoms with van der Waals surface area (Å²) in [6, 6.07) is 8.57. The lowest BCUT2D eigenvalue weighted by Gasteiger charge is -2.12. The molecule has 0 bridgehead atoms. The number of nitrogens with zero attached hydrogens (tertiary/aromatic N) is 3. The number of rotatable bonds is 14. The predicted molar refractivity (Wildman–Crippen MR) is 113 cm³/mol. The third-order valence-corrected chi connectivity index (χ3v) is 5.08. The van der Waals surface area contributed by atoms with Crippen LogP contribution in [0.25, 0.3) is 11.0 Å². The van der Waals surface area contributed by atoms with E-state index in [0.29, 0.717) is 0 Å². The van der Waals surface area contributed by atoms with E-state index in [2.05, 4.69) is 47.8 Å². The van der Waals surface area contributed by atoms with Gasteiger partial charge in [0.15, 0.2) is 0 Å². The Morgan fingerprint density at radius 3 is 2.23 bits per heavy atom. The number of imidazole rings is 1. The normalized spacial score (nSPS) is 11.7. The minimum atomic E-state index is 0.843. The van der Waals surface area contributed by atoms with Gasteiger partial charge in [-0.25, -0.2) is 4.98 Å². The molecule has 4 heteroatoms. The summed E-state index contributed by atoms with van der Waals surface area (Å²) in [4.78, 5) is 7.17. The van der Waals surface area contributed by atoms with Gasteiger partial charge >= 0.3 is 0 Å². The first kappa shape index (κ1) is 20.9. The second-order valence-corrected chi connectivity index (χ2v) is 7.69. The molecular weight excluding hydrogens is 320 g/mol. The van der Waals surface area contributed by atoms with Gasteiger partial charge in [-0.3, -0.25) is 0 Å². The van der Waals surface area contributed by atoms with Crippen molar-refractivity contribution in [1.82, 2.24) is 14.5 Å². The van der Waals surface area contributed by atoms with Crippen molar-refractivity contribution >= 4 is 11.0 Å². The van der Waals surface area contributed by atoms with Gasteiger partial charge in [0.2, 0.25) is 0 Å². The Hall–Kier alpha value is -1.39. The van der Waals surface area contributed by atoms with Crippen LogP contribution in [0, 0.1) is 0 Å². The summed E-state index contributed by atoms with van der Waals surface area (Å²) < 4.78 is 2.45. The van der Waals surface area contributed by atoms with Crippen LogP contribution in [0.2, 0.25) is 0 Å². The maximum Gasteiger partial charge on any atom is 0.109 e. The zero-order valence-electron chi connectivity index (χ0n) is 16.9. The summed E-state index contributed by atoms with van der Waals surface area (Å²) in [6.45, 7) is 3.03. The molecule has 1 aromatic carbocycles. The number of hydrogen-bond acceptors (Lipinski definition) is 3. The van der Waals surface area contributed by atoms with E-state index in [1.165, 1.54) is 69.1 Å². The van der Waals surface area contributed by atoms with Crippen LogP contribution in [0.5, 0.6) is 0 Å². The van der Waals surface area contributed by atoms with Gasteiger partial charge in [-0.2, -0.15) is 0 Å². The third kappa shape index (κ3) is 7.08. The Morgan fingerprint density at radius 2 is 1.54 bits per heavy atom. The van der Waals surface area contributed by atoms with Crippen molar-refractivity contribution in [2.24, 2.45) is 5.73 Å². The molecule has 0 aliphatic rings. The molecule has 0 atom stereocenters. The van der Waals surface area contributed by atoms with Crippen LogP contribution >= 0.6 is 0 Å². The van der Waals surface area contributed by atoms with Gasteiger partial charge in [-0.1, -0.05) is 50.7 Å². The molecule has 146 valence electrons. The van der Waals surface area contributed by atoms with Crippen LogP contribution in [0.3, 0.4) is 0 Å². The molecule has 0 aliphatic heterocycles. The lowest BCUT2D eigenvalue weighted by Crippen LogP contribution is -2.16. The monoisotopic (exact) mass is 358 g/mol. The third-order valence-electron chi connectivity index (χ3n) is 5.08. The second-order valence-electron chi connectivity index (χ2n) is 7.69. The van der Waals surface area contributed by atoms with Crippen LogP contribution in [-0.4, -0.2) is 41.6 Å². The average Bonchev–Trinajstić information content (AvgIpc) is 2.98. The first-order chi connectivity index (χ1) is 12.7. The maximum absolute atomic E-state index is 5.54. The molecule has 2 rings (SSSR count). The quantitative estimate of drug-likeness (QED) is 0.502. The molecule has 0 unspecified atom stereocenters. The Kier molecular flexibility index (Phi) is 9.72. The largest absolute Gasteiger partial charge is 0.330 e. The highest BCUT2D eigenvalue weighted by molar-refractivity contribution is 5.75. The number of para-hydroxylation sites is 2. The standard InChI is InChI=1S/C22H38N4/c1-25(2)18-13-19-26-21-15-11-10-14-20(21)24-22(26)16-9-7-5-3-4-6-8-12-17-23/h10-11,14-15H,3-9,12-13,16-19,23H2,1-2H3. The highest BCUT2D eigenvalue weighted by Crippen LogP contribution is 2.19. The molecule has 4 nitrogen and oxygen atoms in total. The molecule has 0 saturated carbocycles. The number of hydrogen-bond donors (Lipinski definition) is 1. The number of aryl methyl sites for hydroxylation is 2. The van der Waals surface area contributed by atoms with Gasteiger partial charge in [0.1, 0.15) is 5.82 Å². The van der Waals surface area contributed by atoms with Gasteiger partial charge in [0, 0.05) is 13.0 Å². The zero-order valence-corrected chi connectivity index (χ0v) is 16.9. The lowest BCUT2D eigenvalue weighted by atomic mass is 10.1. The van der Waals surface area contributed by atoms with E-state index in [1.54, 1.807) is 0 Å². The Balaban J connectivity index is 1.78.